The Hall–Kier alpha value is -6.37. The van der Waals surface area contributed by atoms with E-state index in [-0.39, 0.29) is 0 Å². The molecule has 1 heterocycles. The molecule has 0 aliphatic rings. The predicted octanol–water partition coefficient (Wildman–Crippen LogP) is 4.53. The molecule has 254 valence electrons. The molecular formula is C38H35N5O7. The van der Waals surface area contributed by atoms with Crippen molar-refractivity contribution in [1.82, 2.24) is 15.6 Å². The van der Waals surface area contributed by atoms with Crippen LogP contribution in [0.4, 0.5) is 11.4 Å². The van der Waals surface area contributed by atoms with Gasteiger partial charge in [0.05, 0.1) is 6.20 Å². The number of aliphatic hydroxyl groups is 2. The Morgan fingerprint density at radius 1 is 0.660 bits per heavy atom. The Labute approximate surface area is 287 Å². The van der Waals surface area contributed by atoms with Gasteiger partial charge >= 0.3 is 0 Å². The van der Waals surface area contributed by atoms with E-state index in [0.717, 1.165) is 0 Å². The highest BCUT2D eigenvalue weighted by atomic mass is 16.4. The van der Waals surface area contributed by atoms with Crippen LogP contribution in [-0.2, 0) is 19.2 Å². The van der Waals surface area contributed by atoms with Gasteiger partial charge in [0.25, 0.3) is 17.7 Å². The molecule has 12 heteroatoms. The minimum atomic E-state index is -1.44. The fourth-order valence-corrected chi connectivity index (χ4v) is 4.82. The number of benzene rings is 4. The molecule has 0 unspecified atom stereocenters. The van der Waals surface area contributed by atoms with E-state index in [1.165, 1.54) is 13.0 Å². The van der Waals surface area contributed by atoms with Crippen molar-refractivity contribution in [2.24, 2.45) is 0 Å². The number of rotatable bonds is 13. The van der Waals surface area contributed by atoms with Crippen molar-refractivity contribution in [1.29, 1.82) is 0 Å². The standard InChI is InChI=1S/C38H35N5O7/c1-3-30(43-37(49)33(45)26-12-8-5-9-13-26)35(47)42-29-18-14-24(15-19-29)31-22-39-38(50-31)27-16-20-28(21-17-27)41-34(46)23(2)40-36(48)32(44)25-10-6-4-7-11-25/h3-23,30,32-33,44-45H,1H2,2H3,(H,40,48)(H,41,46)(H,42,47)(H,43,49)/t23-,30-,32-,33-/m0/s1. The summed E-state index contributed by atoms with van der Waals surface area (Å²) in [6, 6.07) is 28.4. The Morgan fingerprint density at radius 3 is 1.66 bits per heavy atom. The summed E-state index contributed by atoms with van der Waals surface area (Å²) in [4.78, 5) is 54.8. The van der Waals surface area contributed by atoms with Crippen molar-refractivity contribution in [3.8, 4) is 22.8 Å². The lowest BCUT2D eigenvalue weighted by molar-refractivity contribution is -0.132. The molecule has 4 amide bonds. The molecule has 0 saturated carbocycles. The molecule has 1 aromatic heterocycles. The molecule has 6 N–H and O–H groups in total. The van der Waals surface area contributed by atoms with Crippen LogP contribution in [0.3, 0.4) is 0 Å². The molecule has 5 rings (SSSR count). The van der Waals surface area contributed by atoms with Crippen molar-refractivity contribution < 1.29 is 33.8 Å². The van der Waals surface area contributed by atoms with Crippen LogP contribution in [0.1, 0.15) is 30.3 Å². The molecule has 5 aromatic rings. The topological polar surface area (TPSA) is 183 Å². The van der Waals surface area contributed by atoms with E-state index in [1.807, 2.05) is 0 Å². The number of hydrogen-bond donors (Lipinski definition) is 6. The lowest BCUT2D eigenvalue weighted by atomic mass is 10.1. The maximum atomic E-state index is 12.8. The highest BCUT2D eigenvalue weighted by molar-refractivity contribution is 5.99. The first-order chi connectivity index (χ1) is 24.1. The van der Waals surface area contributed by atoms with Crippen LogP contribution < -0.4 is 21.3 Å². The van der Waals surface area contributed by atoms with Crippen LogP contribution in [0.25, 0.3) is 22.8 Å². The number of nitrogens with one attached hydrogen (secondary N) is 4. The van der Waals surface area contributed by atoms with Gasteiger partial charge in [0.2, 0.25) is 11.8 Å². The summed E-state index contributed by atoms with van der Waals surface area (Å²) in [6.45, 7) is 5.14. The lowest BCUT2D eigenvalue weighted by Crippen LogP contribution is -2.44. The zero-order valence-corrected chi connectivity index (χ0v) is 26.9. The summed E-state index contributed by atoms with van der Waals surface area (Å²) in [5.41, 5.74) is 3.11. The summed E-state index contributed by atoms with van der Waals surface area (Å²) in [7, 11) is 0. The zero-order chi connectivity index (χ0) is 35.6. The number of aromatic nitrogens is 1. The number of hydrogen-bond acceptors (Lipinski definition) is 8. The van der Waals surface area contributed by atoms with Crippen molar-refractivity contribution in [2.75, 3.05) is 10.6 Å². The molecule has 0 aliphatic carbocycles. The van der Waals surface area contributed by atoms with Gasteiger partial charge in [-0.05, 0) is 66.6 Å². The van der Waals surface area contributed by atoms with Crippen LogP contribution in [0.2, 0.25) is 0 Å². The van der Waals surface area contributed by atoms with Crippen LogP contribution >= 0.6 is 0 Å². The summed E-state index contributed by atoms with van der Waals surface area (Å²) in [5.74, 6) is -1.60. The van der Waals surface area contributed by atoms with E-state index in [0.29, 0.717) is 45.3 Å². The Kier molecular flexibility index (Phi) is 11.3. The number of carbonyl (C=O) groups excluding carboxylic acids is 4. The largest absolute Gasteiger partial charge is 0.436 e. The summed E-state index contributed by atoms with van der Waals surface area (Å²) >= 11 is 0. The average molecular weight is 674 g/mol. The first kappa shape index (κ1) is 35.0. The Balaban J connectivity index is 1.13. The monoisotopic (exact) mass is 673 g/mol. The second kappa shape index (κ2) is 16.2. The van der Waals surface area contributed by atoms with Crippen molar-refractivity contribution in [3.63, 3.8) is 0 Å². The molecule has 0 saturated heterocycles. The summed E-state index contributed by atoms with van der Waals surface area (Å²) in [6.07, 6.45) is 0.00503. The summed E-state index contributed by atoms with van der Waals surface area (Å²) in [5, 5.41) is 31.0. The number of amides is 4. The van der Waals surface area contributed by atoms with Gasteiger partial charge < -0.3 is 35.9 Å². The highest BCUT2D eigenvalue weighted by Crippen LogP contribution is 2.28. The van der Waals surface area contributed by atoms with Crippen molar-refractivity contribution in [3.05, 3.63) is 139 Å². The Morgan fingerprint density at radius 2 is 1.14 bits per heavy atom. The van der Waals surface area contributed by atoms with Crippen LogP contribution in [0.5, 0.6) is 0 Å². The fraction of sp³-hybridized carbons (Fsp3) is 0.132. The van der Waals surface area contributed by atoms with Gasteiger partial charge in [0.1, 0.15) is 12.1 Å². The molecule has 0 spiro atoms. The SMILES string of the molecule is C=C[C@H](NC(=O)[C@@H](O)c1ccccc1)C(=O)Nc1ccc(-c2cnc(-c3ccc(NC(=O)[C@H](C)NC(=O)[C@@H](O)c4ccccc4)cc3)o2)cc1. The molecule has 4 aromatic carbocycles. The van der Waals surface area contributed by atoms with Gasteiger partial charge in [-0.3, -0.25) is 19.2 Å². The normalized spacial score (nSPS) is 13.2. The summed E-state index contributed by atoms with van der Waals surface area (Å²) < 4.78 is 5.96. The quantitative estimate of drug-likeness (QED) is 0.0986. The number of carbonyl (C=O) groups is 4. The van der Waals surface area contributed by atoms with Crippen LogP contribution in [0, 0.1) is 0 Å². The van der Waals surface area contributed by atoms with E-state index in [2.05, 4.69) is 32.8 Å². The van der Waals surface area contributed by atoms with E-state index in [9.17, 15) is 29.4 Å². The van der Waals surface area contributed by atoms with Gasteiger partial charge in [-0.2, -0.15) is 0 Å². The Bertz CT molecular complexity index is 1950. The van der Waals surface area contributed by atoms with Crippen molar-refractivity contribution >= 4 is 35.0 Å². The van der Waals surface area contributed by atoms with E-state index < -0.39 is 47.9 Å². The lowest BCUT2D eigenvalue weighted by Gasteiger charge is -2.17. The first-order valence-corrected chi connectivity index (χ1v) is 15.6. The number of aliphatic hydroxyl groups excluding tert-OH is 2. The molecule has 0 radical (unpaired) electrons. The third-order valence-electron chi connectivity index (χ3n) is 7.64. The zero-order valence-electron chi connectivity index (χ0n) is 26.9. The van der Waals surface area contributed by atoms with Gasteiger partial charge in [-0.25, -0.2) is 4.98 Å². The van der Waals surface area contributed by atoms with E-state index in [4.69, 9.17) is 4.42 Å². The molecule has 4 atom stereocenters. The second-order valence-corrected chi connectivity index (χ2v) is 11.2. The van der Waals surface area contributed by atoms with E-state index in [1.54, 1.807) is 115 Å². The van der Waals surface area contributed by atoms with Gasteiger partial charge in [0.15, 0.2) is 18.0 Å². The molecular weight excluding hydrogens is 638 g/mol. The minimum absolute atomic E-state index is 0.341. The third-order valence-corrected chi connectivity index (χ3v) is 7.64. The predicted molar refractivity (Wildman–Crippen MR) is 187 cm³/mol. The van der Waals surface area contributed by atoms with E-state index >= 15 is 0 Å². The minimum Gasteiger partial charge on any atom is -0.436 e. The smallest absolute Gasteiger partial charge is 0.254 e. The molecule has 50 heavy (non-hydrogen) atoms. The molecule has 0 bridgehead atoms. The second-order valence-electron chi connectivity index (χ2n) is 11.2. The average Bonchev–Trinajstić information content (AvgIpc) is 3.64. The highest BCUT2D eigenvalue weighted by Gasteiger charge is 2.24. The van der Waals surface area contributed by atoms with Gasteiger partial charge in [0, 0.05) is 22.5 Å². The number of oxazole rings is 1. The molecule has 12 nitrogen and oxygen atoms in total. The van der Waals surface area contributed by atoms with Crippen molar-refractivity contribution in [2.45, 2.75) is 31.2 Å². The maximum Gasteiger partial charge on any atom is 0.254 e. The first-order valence-electron chi connectivity index (χ1n) is 15.6. The van der Waals surface area contributed by atoms with Crippen LogP contribution in [-0.4, -0.2) is 50.9 Å². The maximum absolute atomic E-state index is 12.8. The number of nitrogens with zero attached hydrogens (tertiary/aromatic N) is 1. The van der Waals surface area contributed by atoms with Gasteiger partial charge in [-0.1, -0.05) is 66.7 Å². The third kappa shape index (κ3) is 8.75. The van der Waals surface area contributed by atoms with Crippen LogP contribution in [0.15, 0.2) is 132 Å². The molecule has 0 fully saturated rings. The molecule has 0 aliphatic heterocycles. The number of anilines is 2. The fourth-order valence-electron chi connectivity index (χ4n) is 4.82. The van der Waals surface area contributed by atoms with Gasteiger partial charge in [-0.15, -0.1) is 6.58 Å².